The number of fused-ring (bicyclic) bond motifs is 1. The zero-order chi connectivity index (χ0) is 33.1. The van der Waals surface area contributed by atoms with Gasteiger partial charge in [-0.3, -0.25) is 14.5 Å². The highest BCUT2D eigenvalue weighted by Gasteiger charge is 2.42. The Hall–Kier alpha value is -4.55. The molecule has 6 nitrogen and oxygen atoms in total. The van der Waals surface area contributed by atoms with E-state index in [4.69, 9.17) is 21.1 Å². The molecule has 4 aromatic carbocycles. The molecule has 47 heavy (non-hydrogen) atoms. The number of halogens is 1. The highest BCUT2D eigenvalue weighted by atomic mass is 35.5. The van der Waals surface area contributed by atoms with Crippen LogP contribution >= 0.6 is 11.6 Å². The van der Waals surface area contributed by atoms with E-state index in [1.54, 1.807) is 0 Å². The van der Waals surface area contributed by atoms with Crippen molar-refractivity contribution in [3.05, 3.63) is 130 Å². The number of carbonyl (C=O) groups excluding carboxylic acids is 2. The van der Waals surface area contributed by atoms with Crippen LogP contribution < -0.4 is 19.7 Å². The van der Waals surface area contributed by atoms with E-state index in [2.05, 4.69) is 36.5 Å². The topological polar surface area (TPSA) is 67.9 Å². The second-order valence-electron chi connectivity index (χ2n) is 12.8. The van der Waals surface area contributed by atoms with E-state index >= 15 is 0 Å². The Morgan fingerprint density at radius 2 is 1.64 bits per heavy atom. The molecular weight excluding hydrogens is 608 g/mol. The SMILES string of the molecule is CCOc1cc([C@@H]2C3=C(C[C@H](c4ccc(C)cc4)CC3=O)Nc3ccccc3N2C(=O)CC(C)C)ccc1OCc1ccc(Cl)cc1. The van der Waals surface area contributed by atoms with Crippen LogP contribution in [0, 0.1) is 12.8 Å². The number of allylic oxidation sites excluding steroid dienone is 1. The van der Waals surface area contributed by atoms with E-state index in [9.17, 15) is 9.59 Å². The summed E-state index contributed by atoms with van der Waals surface area (Å²) in [4.78, 5) is 30.5. The normalized spacial score (nSPS) is 17.5. The van der Waals surface area contributed by atoms with Crippen LogP contribution in [-0.2, 0) is 16.2 Å². The van der Waals surface area contributed by atoms with Gasteiger partial charge in [0.25, 0.3) is 0 Å². The van der Waals surface area contributed by atoms with Gasteiger partial charge in [0.05, 0.1) is 24.0 Å². The minimum absolute atomic E-state index is 0.0303. The van der Waals surface area contributed by atoms with E-state index < -0.39 is 6.04 Å². The fraction of sp³-hybridized carbons (Fsp3) is 0.300. The summed E-state index contributed by atoms with van der Waals surface area (Å²) in [5.41, 5.74) is 7.12. The van der Waals surface area contributed by atoms with Gasteiger partial charge in [-0.05, 0) is 85.2 Å². The van der Waals surface area contributed by atoms with Crippen molar-refractivity contribution in [1.82, 2.24) is 0 Å². The molecule has 242 valence electrons. The van der Waals surface area contributed by atoms with Gasteiger partial charge in [-0.15, -0.1) is 0 Å². The number of anilines is 2. The number of Topliss-reactive ketones (excluding diaryl/α,β-unsaturated/α-hetero) is 1. The summed E-state index contributed by atoms with van der Waals surface area (Å²) in [6, 6.07) is 28.9. The molecule has 1 aliphatic carbocycles. The molecule has 1 amide bonds. The Balaban J connectivity index is 1.47. The third-order valence-electron chi connectivity index (χ3n) is 8.78. The number of nitrogens with zero attached hydrogens (tertiary/aromatic N) is 1. The van der Waals surface area contributed by atoms with Crippen LogP contribution in [0.2, 0.25) is 5.02 Å². The zero-order valence-electron chi connectivity index (χ0n) is 27.4. The van der Waals surface area contributed by atoms with Crippen LogP contribution in [0.25, 0.3) is 0 Å². The number of rotatable bonds is 9. The average Bonchev–Trinajstić information content (AvgIpc) is 3.20. The minimum atomic E-state index is -0.650. The molecule has 0 bridgehead atoms. The zero-order valence-corrected chi connectivity index (χ0v) is 28.1. The first kappa shape index (κ1) is 32.4. The summed E-state index contributed by atoms with van der Waals surface area (Å²) in [6.07, 6.45) is 1.36. The van der Waals surface area contributed by atoms with E-state index in [0.717, 1.165) is 33.8 Å². The Morgan fingerprint density at radius 1 is 0.915 bits per heavy atom. The summed E-state index contributed by atoms with van der Waals surface area (Å²) in [5, 5.41) is 4.30. The van der Waals surface area contributed by atoms with Gasteiger partial charge in [0.1, 0.15) is 6.61 Å². The molecule has 7 heteroatoms. The van der Waals surface area contributed by atoms with E-state index in [1.165, 1.54) is 5.56 Å². The Morgan fingerprint density at radius 3 is 2.36 bits per heavy atom. The highest BCUT2D eigenvalue weighted by molar-refractivity contribution is 6.30. The number of benzene rings is 4. The maximum absolute atomic E-state index is 14.4. The number of aryl methyl sites for hydroxylation is 1. The summed E-state index contributed by atoms with van der Waals surface area (Å²) in [7, 11) is 0. The van der Waals surface area contributed by atoms with Crippen molar-refractivity contribution in [2.45, 2.75) is 65.5 Å². The van der Waals surface area contributed by atoms with E-state index in [0.29, 0.717) is 54.6 Å². The number of hydrogen-bond donors (Lipinski definition) is 1. The second-order valence-corrected chi connectivity index (χ2v) is 13.2. The Labute approximate surface area is 282 Å². The lowest BCUT2D eigenvalue weighted by molar-refractivity contribution is -0.119. The Bertz CT molecular complexity index is 1800. The van der Waals surface area contributed by atoms with Crippen molar-refractivity contribution in [1.29, 1.82) is 0 Å². The lowest BCUT2D eigenvalue weighted by Crippen LogP contribution is -2.39. The van der Waals surface area contributed by atoms with Crippen LogP contribution in [0.1, 0.15) is 74.2 Å². The van der Waals surface area contributed by atoms with Crippen molar-refractivity contribution in [3.63, 3.8) is 0 Å². The third-order valence-corrected chi connectivity index (χ3v) is 9.03. The van der Waals surface area contributed by atoms with Crippen LogP contribution in [0.3, 0.4) is 0 Å². The van der Waals surface area contributed by atoms with Crippen LogP contribution in [0.15, 0.2) is 102 Å². The van der Waals surface area contributed by atoms with Gasteiger partial charge >= 0.3 is 0 Å². The standard InChI is InChI=1S/C40H41ClN2O4/c1-5-46-37-23-29(16-19-36(37)47-24-27-12-17-31(41)18-13-27)40-39-33(21-30(22-35(39)44)28-14-10-26(4)11-15-28)42-32-8-6-7-9-34(32)43(40)38(45)20-25(2)3/h6-19,23,25,30,40,42H,5,20-22,24H2,1-4H3/t30-,40+/m0/s1. The smallest absolute Gasteiger partial charge is 0.228 e. The van der Waals surface area contributed by atoms with Gasteiger partial charge in [-0.25, -0.2) is 0 Å². The van der Waals surface area contributed by atoms with Crippen LogP contribution in [-0.4, -0.2) is 18.3 Å². The van der Waals surface area contributed by atoms with Gasteiger partial charge in [0.2, 0.25) is 5.91 Å². The molecule has 0 saturated heterocycles. The van der Waals surface area contributed by atoms with Gasteiger partial charge in [0.15, 0.2) is 17.3 Å². The van der Waals surface area contributed by atoms with Gasteiger partial charge in [0, 0.05) is 29.1 Å². The maximum Gasteiger partial charge on any atom is 0.228 e. The largest absolute Gasteiger partial charge is 0.490 e. The van der Waals surface area contributed by atoms with Crippen LogP contribution in [0.5, 0.6) is 11.5 Å². The third kappa shape index (κ3) is 7.08. The van der Waals surface area contributed by atoms with E-state index in [1.807, 2.05) is 92.4 Å². The number of carbonyl (C=O) groups is 2. The molecule has 2 aliphatic rings. The molecule has 2 atom stereocenters. The molecule has 0 unspecified atom stereocenters. The first-order valence-corrected chi connectivity index (χ1v) is 16.7. The fourth-order valence-electron chi connectivity index (χ4n) is 6.53. The Kier molecular flexibility index (Phi) is 9.69. The molecule has 1 aliphatic heterocycles. The number of ketones is 1. The maximum atomic E-state index is 14.4. The van der Waals surface area contributed by atoms with Crippen molar-refractivity contribution >= 4 is 34.7 Å². The van der Waals surface area contributed by atoms with Crippen molar-refractivity contribution in [3.8, 4) is 11.5 Å². The summed E-state index contributed by atoms with van der Waals surface area (Å²) < 4.78 is 12.3. The quantitative estimate of drug-likeness (QED) is 0.196. The minimum Gasteiger partial charge on any atom is -0.490 e. The predicted octanol–water partition coefficient (Wildman–Crippen LogP) is 9.57. The lowest BCUT2D eigenvalue weighted by atomic mass is 9.78. The van der Waals surface area contributed by atoms with Crippen LogP contribution in [0.4, 0.5) is 11.4 Å². The number of nitrogens with one attached hydrogen (secondary N) is 1. The molecule has 4 aromatic rings. The number of hydrogen-bond acceptors (Lipinski definition) is 5. The fourth-order valence-corrected chi connectivity index (χ4v) is 6.65. The number of amides is 1. The average molecular weight is 649 g/mol. The molecule has 6 rings (SSSR count). The molecule has 0 spiro atoms. The molecule has 0 aromatic heterocycles. The van der Waals surface area contributed by atoms with Gasteiger partial charge in [-0.2, -0.15) is 0 Å². The molecule has 0 fully saturated rings. The van der Waals surface area contributed by atoms with Crippen molar-refractivity contribution in [2.24, 2.45) is 5.92 Å². The summed E-state index contributed by atoms with van der Waals surface area (Å²) >= 11 is 6.07. The van der Waals surface area contributed by atoms with Crippen molar-refractivity contribution in [2.75, 3.05) is 16.8 Å². The number of para-hydroxylation sites is 2. The first-order chi connectivity index (χ1) is 22.7. The molecular formula is C40H41ClN2O4. The number of ether oxygens (including phenoxy) is 2. The molecule has 1 heterocycles. The highest BCUT2D eigenvalue weighted by Crippen LogP contribution is 2.48. The summed E-state index contributed by atoms with van der Waals surface area (Å²) in [6.45, 7) is 8.84. The molecule has 0 radical (unpaired) electrons. The van der Waals surface area contributed by atoms with E-state index in [-0.39, 0.29) is 23.5 Å². The molecule has 1 N–H and O–H groups in total. The molecule has 0 saturated carbocycles. The van der Waals surface area contributed by atoms with Crippen molar-refractivity contribution < 1.29 is 19.1 Å². The first-order valence-electron chi connectivity index (χ1n) is 16.4. The van der Waals surface area contributed by atoms with Gasteiger partial charge < -0.3 is 14.8 Å². The van der Waals surface area contributed by atoms with Gasteiger partial charge in [-0.1, -0.05) is 85.6 Å². The predicted molar refractivity (Wildman–Crippen MR) is 188 cm³/mol. The monoisotopic (exact) mass is 648 g/mol. The second kappa shape index (κ2) is 14.1. The summed E-state index contributed by atoms with van der Waals surface area (Å²) in [5.74, 6) is 1.30. The lowest BCUT2D eigenvalue weighted by Gasteiger charge is -2.35.